The second-order valence-corrected chi connectivity index (χ2v) is 11.9. The lowest BCUT2D eigenvalue weighted by Gasteiger charge is -2.27. The summed E-state index contributed by atoms with van der Waals surface area (Å²) in [4.78, 5) is 28.7. The van der Waals surface area contributed by atoms with Crippen LogP contribution in [0.4, 0.5) is 5.69 Å². The Morgan fingerprint density at radius 1 is 0.769 bits per heavy atom. The molecule has 1 fully saturated rings. The number of nitrogens with zero attached hydrogens (tertiary/aromatic N) is 1. The number of amides is 1. The van der Waals surface area contributed by atoms with Crippen molar-refractivity contribution in [1.29, 1.82) is 0 Å². The quantitative estimate of drug-likeness (QED) is 0.221. The summed E-state index contributed by atoms with van der Waals surface area (Å²) >= 11 is 0. The second-order valence-electron chi connectivity index (χ2n) is 11.9. The predicted molar refractivity (Wildman–Crippen MR) is 155 cm³/mol. The molecule has 1 saturated heterocycles. The maximum atomic E-state index is 13.6. The van der Waals surface area contributed by atoms with E-state index in [1.54, 1.807) is 37.4 Å². The van der Waals surface area contributed by atoms with Crippen molar-refractivity contribution in [2.24, 2.45) is 0 Å². The third-order valence-electron chi connectivity index (χ3n) is 7.21. The molecule has 1 aliphatic heterocycles. The third-order valence-corrected chi connectivity index (χ3v) is 7.21. The molecule has 1 amide bonds. The first-order valence-electron chi connectivity index (χ1n) is 13.0. The summed E-state index contributed by atoms with van der Waals surface area (Å²) in [6.45, 7) is 12.6. The molecule has 39 heavy (non-hydrogen) atoms. The number of benzene rings is 3. The van der Waals surface area contributed by atoms with E-state index in [-0.39, 0.29) is 22.2 Å². The van der Waals surface area contributed by atoms with Gasteiger partial charge in [-0.05, 0) is 63.9 Å². The highest BCUT2D eigenvalue weighted by molar-refractivity contribution is 6.51. The van der Waals surface area contributed by atoms with Crippen LogP contribution in [0.2, 0.25) is 0 Å². The molecule has 1 N–H and O–H groups in total. The van der Waals surface area contributed by atoms with E-state index < -0.39 is 17.7 Å². The fourth-order valence-electron chi connectivity index (χ4n) is 4.83. The van der Waals surface area contributed by atoms with E-state index in [0.717, 1.165) is 11.1 Å². The number of rotatable bonds is 5. The van der Waals surface area contributed by atoms with Crippen molar-refractivity contribution in [2.45, 2.75) is 58.4 Å². The number of methoxy groups -OCH3 is 2. The summed E-state index contributed by atoms with van der Waals surface area (Å²) < 4.78 is 10.9. The summed E-state index contributed by atoms with van der Waals surface area (Å²) in [7, 11) is 3.08. The van der Waals surface area contributed by atoms with E-state index in [4.69, 9.17) is 9.47 Å². The molecule has 0 aromatic heterocycles. The van der Waals surface area contributed by atoms with Crippen LogP contribution < -0.4 is 14.4 Å². The normalized spacial score (nSPS) is 17.4. The number of aliphatic hydroxyl groups is 1. The molecule has 1 heterocycles. The minimum Gasteiger partial charge on any atom is -0.507 e. The molecule has 0 saturated carbocycles. The van der Waals surface area contributed by atoms with E-state index in [0.29, 0.717) is 28.3 Å². The van der Waals surface area contributed by atoms with E-state index in [2.05, 4.69) is 41.5 Å². The number of anilines is 1. The molecule has 1 unspecified atom stereocenters. The molecule has 0 aliphatic carbocycles. The van der Waals surface area contributed by atoms with Gasteiger partial charge in [-0.15, -0.1) is 0 Å². The first kappa shape index (κ1) is 28.0. The lowest BCUT2D eigenvalue weighted by molar-refractivity contribution is -0.132. The van der Waals surface area contributed by atoms with Crippen molar-refractivity contribution in [3.8, 4) is 11.5 Å². The maximum absolute atomic E-state index is 13.6. The molecule has 3 aromatic rings. The average Bonchev–Trinajstić information content (AvgIpc) is 3.17. The van der Waals surface area contributed by atoms with Gasteiger partial charge in [0.25, 0.3) is 11.7 Å². The van der Waals surface area contributed by atoms with Gasteiger partial charge in [-0.1, -0.05) is 71.9 Å². The fraction of sp³-hybridized carbons (Fsp3) is 0.333. The number of carbonyl (C=O) groups excluding carboxylic acids is 2. The van der Waals surface area contributed by atoms with Gasteiger partial charge < -0.3 is 14.6 Å². The summed E-state index contributed by atoms with van der Waals surface area (Å²) in [5.41, 5.74) is 3.42. The fourth-order valence-corrected chi connectivity index (χ4v) is 4.83. The predicted octanol–water partition coefficient (Wildman–Crippen LogP) is 6.93. The van der Waals surface area contributed by atoms with Gasteiger partial charge in [-0.2, -0.15) is 0 Å². The summed E-state index contributed by atoms with van der Waals surface area (Å²) in [5.74, 6) is -0.686. The van der Waals surface area contributed by atoms with Gasteiger partial charge in [0.05, 0.1) is 31.4 Å². The zero-order valence-electron chi connectivity index (χ0n) is 24.0. The number of ketones is 1. The van der Waals surface area contributed by atoms with E-state index in [9.17, 15) is 14.7 Å². The molecular weight excluding hydrogens is 490 g/mol. The highest BCUT2D eigenvalue weighted by Gasteiger charge is 2.47. The number of Topliss-reactive ketones (excluding diaryl/α,β-unsaturated/α-hetero) is 1. The first-order valence-corrected chi connectivity index (χ1v) is 13.0. The van der Waals surface area contributed by atoms with Crippen LogP contribution in [0.15, 0.2) is 72.3 Å². The molecule has 0 radical (unpaired) electrons. The summed E-state index contributed by atoms with van der Waals surface area (Å²) in [6, 6.07) is 19.5. The average molecular weight is 528 g/mol. The number of ether oxygens (including phenoxy) is 2. The first-order chi connectivity index (χ1) is 18.3. The number of aliphatic hydroxyl groups excluding tert-OH is 1. The van der Waals surface area contributed by atoms with E-state index in [1.165, 1.54) is 12.0 Å². The van der Waals surface area contributed by atoms with Crippen LogP contribution in [0, 0.1) is 0 Å². The molecule has 3 aromatic carbocycles. The van der Waals surface area contributed by atoms with Crippen LogP contribution in [0.5, 0.6) is 11.5 Å². The summed E-state index contributed by atoms with van der Waals surface area (Å²) in [6.07, 6.45) is 0. The zero-order chi connectivity index (χ0) is 28.7. The van der Waals surface area contributed by atoms with Crippen molar-refractivity contribution in [1.82, 2.24) is 0 Å². The Balaban J connectivity index is 1.97. The minimum atomic E-state index is -0.838. The number of carbonyl (C=O) groups is 2. The van der Waals surface area contributed by atoms with Crippen LogP contribution in [0.25, 0.3) is 5.76 Å². The number of hydrogen-bond acceptors (Lipinski definition) is 5. The minimum absolute atomic E-state index is 0.0173. The molecule has 6 heteroatoms. The molecule has 6 nitrogen and oxygen atoms in total. The molecular formula is C33H37NO5. The summed E-state index contributed by atoms with van der Waals surface area (Å²) in [5, 5.41) is 11.8. The van der Waals surface area contributed by atoms with Crippen LogP contribution in [-0.4, -0.2) is 31.0 Å². The van der Waals surface area contributed by atoms with Gasteiger partial charge in [0.15, 0.2) is 0 Å². The molecule has 4 rings (SSSR count). The van der Waals surface area contributed by atoms with Crippen molar-refractivity contribution in [3.05, 3.63) is 94.6 Å². The maximum Gasteiger partial charge on any atom is 0.300 e. The van der Waals surface area contributed by atoms with Crippen LogP contribution in [0.1, 0.15) is 69.8 Å². The van der Waals surface area contributed by atoms with Gasteiger partial charge in [0.1, 0.15) is 17.3 Å². The van der Waals surface area contributed by atoms with E-state index >= 15 is 0 Å². The standard InChI is InChI=1S/C33H37NO5/c1-32(2,3)21-11-9-20(10-12-21)28-27(29(35)25-19-22(33(4,5)6)13-18-26(25)39-8)30(36)31(37)34(28)23-14-16-24(38-7)17-15-23/h9-19,28,35H,1-8H3/b29-27+. The molecule has 0 spiro atoms. The van der Waals surface area contributed by atoms with Crippen LogP contribution in [-0.2, 0) is 20.4 Å². The van der Waals surface area contributed by atoms with Crippen LogP contribution >= 0.6 is 0 Å². The Bertz CT molecular complexity index is 1420. The largest absolute Gasteiger partial charge is 0.507 e. The van der Waals surface area contributed by atoms with Gasteiger partial charge in [-0.3, -0.25) is 14.5 Å². The van der Waals surface area contributed by atoms with Crippen LogP contribution in [0.3, 0.4) is 0 Å². The zero-order valence-corrected chi connectivity index (χ0v) is 24.0. The highest BCUT2D eigenvalue weighted by Crippen LogP contribution is 2.44. The highest BCUT2D eigenvalue weighted by atomic mass is 16.5. The third kappa shape index (κ3) is 5.29. The Labute approximate surface area is 230 Å². The molecule has 1 atom stereocenters. The van der Waals surface area contributed by atoms with Gasteiger partial charge >= 0.3 is 0 Å². The van der Waals surface area contributed by atoms with Gasteiger partial charge in [-0.25, -0.2) is 0 Å². The number of hydrogen-bond donors (Lipinski definition) is 1. The Morgan fingerprint density at radius 3 is 1.85 bits per heavy atom. The Kier molecular flexibility index (Phi) is 7.35. The van der Waals surface area contributed by atoms with Crippen molar-refractivity contribution in [2.75, 3.05) is 19.1 Å². The lowest BCUT2D eigenvalue weighted by atomic mass is 9.84. The van der Waals surface area contributed by atoms with E-state index in [1.807, 2.05) is 36.4 Å². The lowest BCUT2D eigenvalue weighted by Crippen LogP contribution is -2.29. The van der Waals surface area contributed by atoms with Crippen molar-refractivity contribution >= 4 is 23.1 Å². The second kappa shape index (κ2) is 10.3. The molecule has 0 bridgehead atoms. The van der Waals surface area contributed by atoms with Crippen molar-refractivity contribution in [3.63, 3.8) is 0 Å². The molecule has 204 valence electrons. The Hall–Kier alpha value is -4.06. The Morgan fingerprint density at radius 2 is 1.33 bits per heavy atom. The molecule has 1 aliphatic rings. The van der Waals surface area contributed by atoms with Gasteiger partial charge in [0, 0.05) is 5.69 Å². The monoisotopic (exact) mass is 527 g/mol. The van der Waals surface area contributed by atoms with Gasteiger partial charge in [0.2, 0.25) is 0 Å². The smallest absolute Gasteiger partial charge is 0.300 e. The topological polar surface area (TPSA) is 76.1 Å². The van der Waals surface area contributed by atoms with Crippen molar-refractivity contribution < 1.29 is 24.2 Å². The SMILES string of the molecule is COc1ccc(N2C(=O)C(=O)/C(=C(/O)c3cc(C(C)(C)C)ccc3OC)C2c2ccc(C(C)(C)C)cc2)cc1.